The summed E-state index contributed by atoms with van der Waals surface area (Å²) in [6.45, 7) is 0.395. The predicted octanol–water partition coefficient (Wildman–Crippen LogP) is 2.43. The van der Waals surface area contributed by atoms with Gasteiger partial charge in [-0.05, 0) is 36.8 Å². The first-order chi connectivity index (χ1) is 14.0. The summed E-state index contributed by atoms with van der Waals surface area (Å²) in [6, 6.07) is 7.61. The van der Waals surface area contributed by atoms with E-state index in [0.717, 1.165) is 12.3 Å². The van der Waals surface area contributed by atoms with Crippen molar-refractivity contribution in [3.8, 4) is 0 Å². The molecule has 3 rings (SSSR count). The Hall–Kier alpha value is -2.37. The molecule has 12 heteroatoms. The number of rotatable bonds is 6. The average molecular weight is 463 g/mol. The Labute approximate surface area is 176 Å². The Morgan fingerprint density at radius 2 is 2.03 bits per heavy atom. The highest BCUT2D eigenvalue weighted by molar-refractivity contribution is 7.89. The van der Waals surface area contributed by atoms with Gasteiger partial charge in [0.15, 0.2) is 0 Å². The van der Waals surface area contributed by atoms with E-state index in [4.69, 9.17) is 11.6 Å². The molecule has 1 aromatic carbocycles. The molecule has 30 heavy (non-hydrogen) atoms. The Balaban J connectivity index is 1.51. The number of aromatic nitrogens is 1. The molecule has 0 radical (unpaired) electrons. The number of pyridine rings is 1. The normalized spacial score (nSPS) is 17.2. The molecule has 2 N–H and O–H groups in total. The van der Waals surface area contributed by atoms with Crippen LogP contribution in [0.5, 0.6) is 0 Å². The van der Waals surface area contributed by atoms with E-state index in [9.17, 15) is 26.4 Å². The van der Waals surface area contributed by atoms with Crippen molar-refractivity contribution in [2.45, 2.75) is 23.5 Å². The largest absolute Gasteiger partial charge is 0.417 e. The molecule has 2 heterocycles. The lowest BCUT2D eigenvalue weighted by Gasteiger charge is -2.18. The zero-order valence-corrected chi connectivity index (χ0v) is 17.1. The van der Waals surface area contributed by atoms with Crippen molar-refractivity contribution in [2.75, 3.05) is 24.5 Å². The fourth-order valence-corrected chi connectivity index (χ4v) is 4.27. The lowest BCUT2D eigenvalue weighted by Crippen LogP contribution is -2.43. The summed E-state index contributed by atoms with van der Waals surface area (Å²) in [6.07, 6.45) is -3.13. The molecule has 2 aromatic rings. The van der Waals surface area contributed by atoms with Gasteiger partial charge in [-0.3, -0.25) is 4.79 Å². The number of nitrogens with one attached hydrogen (secondary N) is 2. The molecule has 7 nitrogen and oxygen atoms in total. The van der Waals surface area contributed by atoms with E-state index in [-0.39, 0.29) is 16.0 Å². The maximum atomic E-state index is 12.6. The molecular weight excluding hydrogens is 445 g/mol. The summed E-state index contributed by atoms with van der Waals surface area (Å²) >= 11 is 5.79. The lowest BCUT2D eigenvalue weighted by molar-refractivity contribution is -0.137. The minimum absolute atomic E-state index is 0.0526. The number of amides is 1. The molecule has 0 aliphatic carbocycles. The van der Waals surface area contributed by atoms with Crippen LogP contribution in [0.2, 0.25) is 5.02 Å². The van der Waals surface area contributed by atoms with Crippen LogP contribution in [-0.4, -0.2) is 45.0 Å². The van der Waals surface area contributed by atoms with Crippen molar-refractivity contribution in [1.82, 2.24) is 15.0 Å². The number of hydrogen-bond donors (Lipinski definition) is 2. The van der Waals surface area contributed by atoms with Gasteiger partial charge >= 0.3 is 6.18 Å². The van der Waals surface area contributed by atoms with Gasteiger partial charge in [0.1, 0.15) is 5.82 Å². The molecule has 1 aromatic heterocycles. The van der Waals surface area contributed by atoms with E-state index in [2.05, 4.69) is 15.0 Å². The SMILES string of the molecule is O=C(CNS(=O)(=O)c1cccc(Cl)c1)NC1CCN(c2ccc(C(F)(F)F)cn2)C1. The fraction of sp³-hybridized carbons (Fsp3) is 0.333. The fourth-order valence-electron chi connectivity index (χ4n) is 2.98. The maximum Gasteiger partial charge on any atom is 0.417 e. The molecule has 1 saturated heterocycles. The summed E-state index contributed by atoms with van der Waals surface area (Å²) in [5.41, 5.74) is -0.831. The third kappa shape index (κ3) is 5.61. The van der Waals surface area contributed by atoms with Crippen molar-refractivity contribution < 1.29 is 26.4 Å². The number of sulfonamides is 1. The average Bonchev–Trinajstić information content (AvgIpc) is 3.14. The second-order valence-corrected chi connectivity index (χ2v) is 8.89. The second-order valence-electron chi connectivity index (χ2n) is 6.68. The van der Waals surface area contributed by atoms with Crippen LogP contribution in [0, 0.1) is 0 Å². The van der Waals surface area contributed by atoms with Crippen molar-refractivity contribution >= 4 is 33.3 Å². The molecule has 1 atom stereocenters. The van der Waals surface area contributed by atoms with Gasteiger partial charge in [-0.1, -0.05) is 17.7 Å². The highest BCUT2D eigenvalue weighted by atomic mass is 35.5. The third-order valence-corrected chi connectivity index (χ3v) is 6.12. The van der Waals surface area contributed by atoms with Crippen LogP contribution in [-0.2, 0) is 21.0 Å². The summed E-state index contributed by atoms with van der Waals surface area (Å²) in [4.78, 5) is 17.7. The van der Waals surface area contributed by atoms with Crippen LogP contribution < -0.4 is 14.9 Å². The Morgan fingerprint density at radius 3 is 2.67 bits per heavy atom. The van der Waals surface area contributed by atoms with E-state index in [0.29, 0.717) is 25.3 Å². The first-order valence-corrected chi connectivity index (χ1v) is 10.7. The van der Waals surface area contributed by atoms with E-state index in [1.807, 2.05) is 0 Å². The number of anilines is 1. The second kappa shape index (κ2) is 8.78. The molecule has 162 valence electrons. The van der Waals surface area contributed by atoms with Gasteiger partial charge in [-0.15, -0.1) is 0 Å². The number of hydrogen-bond acceptors (Lipinski definition) is 5. The summed E-state index contributed by atoms with van der Waals surface area (Å²) in [7, 11) is -3.89. The standard InChI is InChI=1S/C18H18ClF3N4O3S/c19-13-2-1-3-15(8-13)30(28,29)24-10-17(27)25-14-6-7-26(11-14)16-5-4-12(9-23-16)18(20,21)22/h1-5,8-9,14,24H,6-7,10-11H2,(H,25,27). The number of halogens is 4. The number of benzene rings is 1. The molecule has 1 aliphatic heterocycles. The van der Waals surface area contributed by atoms with Crippen molar-refractivity contribution in [1.29, 1.82) is 0 Å². The zero-order valence-electron chi connectivity index (χ0n) is 15.5. The molecule has 1 aliphatic rings. The molecule has 0 saturated carbocycles. The quantitative estimate of drug-likeness (QED) is 0.688. The van der Waals surface area contributed by atoms with Crippen LogP contribution >= 0.6 is 11.6 Å². The van der Waals surface area contributed by atoms with Crippen molar-refractivity contribution in [2.24, 2.45) is 0 Å². The van der Waals surface area contributed by atoms with E-state index >= 15 is 0 Å². The Morgan fingerprint density at radius 1 is 1.27 bits per heavy atom. The highest BCUT2D eigenvalue weighted by Gasteiger charge is 2.31. The molecule has 0 bridgehead atoms. The van der Waals surface area contributed by atoms with Gasteiger partial charge in [0, 0.05) is 30.4 Å². The molecule has 1 unspecified atom stereocenters. The van der Waals surface area contributed by atoms with Crippen molar-refractivity contribution in [3.63, 3.8) is 0 Å². The Kier molecular flexibility index (Phi) is 6.53. The minimum Gasteiger partial charge on any atom is -0.354 e. The van der Waals surface area contributed by atoms with Gasteiger partial charge in [0.2, 0.25) is 15.9 Å². The van der Waals surface area contributed by atoms with Gasteiger partial charge in [-0.25, -0.2) is 18.1 Å². The topological polar surface area (TPSA) is 91.4 Å². The lowest BCUT2D eigenvalue weighted by atomic mass is 10.2. The molecule has 0 spiro atoms. The number of carbonyl (C=O) groups is 1. The van der Waals surface area contributed by atoms with E-state index in [1.54, 1.807) is 4.90 Å². The van der Waals surface area contributed by atoms with Crippen LogP contribution in [0.15, 0.2) is 47.5 Å². The number of carbonyl (C=O) groups excluding carboxylic acids is 1. The van der Waals surface area contributed by atoms with Gasteiger partial charge in [-0.2, -0.15) is 13.2 Å². The van der Waals surface area contributed by atoms with E-state index in [1.165, 1.54) is 30.3 Å². The van der Waals surface area contributed by atoms with Crippen LogP contribution in [0.4, 0.5) is 19.0 Å². The number of nitrogens with zero attached hydrogens (tertiary/aromatic N) is 2. The smallest absolute Gasteiger partial charge is 0.354 e. The monoisotopic (exact) mass is 462 g/mol. The summed E-state index contributed by atoms with van der Waals surface area (Å²) < 4.78 is 64.5. The molecule has 1 fully saturated rings. The highest BCUT2D eigenvalue weighted by Crippen LogP contribution is 2.29. The van der Waals surface area contributed by atoms with Crippen LogP contribution in [0.3, 0.4) is 0 Å². The first kappa shape index (κ1) is 22.3. The summed E-state index contributed by atoms with van der Waals surface area (Å²) in [5.74, 6) is -0.144. The van der Waals surface area contributed by atoms with Crippen molar-refractivity contribution in [3.05, 3.63) is 53.2 Å². The minimum atomic E-state index is -4.45. The van der Waals surface area contributed by atoms with Crippen LogP contribution in [0.25, 0.3) is 0 Å². The number of alkyl halides is 3. The first-order valence-electron chi connectivity index (χ1n) is 8.87. The molecular formula is C18H18ClF3N4O3S. The maximum absolute atomic E-state index is 12.6. The summed E-state index contributed by atoms with van der Waals surface area (Å²) in [5, 5.41) is 2.96. The van der Waals surface area contributed by atoms with Crippen LogP contribution in [0.1, 0.15) is 12.0 Å². The predicted molar refractivity (Wildman–Crippen MR) is 105 cm³/mol. The molecule has 1 amide bonds. The van der Waals surface area contributed by atoms with Gasteiger partial charge in [0.25, 0.3) is 0 Å². The zero-order chi connectivity index (χ0) is 21.9. The van der Waals surface area contributed by atoms with Gasteiger partial charge in [0.05, 0.1) is 17.0 Å². The Bertz CT molecular complexity index is 1020. The third-order valence-electron chi connectivity index (χ3n) is 4.48. The van der Waals surface area contributed by atoms with Gasteiger partial charge < -0.3 is 10.2 Å². The van der Waals surface area contributed by atoms with E-state index < -0.39 is 34.2 Å².